The van der Waals surface area contributed by atoms with Crippen LogP contribution in [0.1, 0.15) is 52.2 Å². The van der Waals surface area contributed by atoms with Crippen molar-refractivity contribution in [2.24, 2.45) is 5.92 Å². The second kappa shape index (κ2) is 15.4. The largest absolute Gasteiger partial charge is 0.309 e. The lowest BCUT2D eigenvalue weighted by atomic mass is 9.58. The molecule has 1 aliphatic carbocycles. The first kappa shape index (κ1) is 41.1. The van der Waals surface area contributed by atoms with E-state index in [0.29, 0.717) is 23.5 Å². The van der Waals surface area contributed by atoms with Gasteiger partial charge in [0, 0.05) is 38.4 Å². The number of fused-ring (bicyclic) bond motifs is 8. The molecule has 12 aromatic rings. The molecule has 1 unspecified atom stereocenters. The SMILES string of the molecule is CC1CC(C)(C)c2cc(-c3ccc(-c4cccc(-n5c6ccccc6c6cc7c8ccccc8n(-c8nc(-c9ccccc9)nc(-c9cccc%10ccccc9%10)n8)c7cc65)c4)cc3)ccc2C1(C)C. The summed E-state index contributed by atoms with van der Waals surface area (Å²) >= 11 is 0. The lowest BCUT2D eigenvalue weighted by molar-refractivity contribution is 0.233. The molecule has 0 amide bonds. The fraction of sp³-hybridized carbons (Fsp3) is 0.141. The molecule has 13 rings (SSSR count). The Morgan fingerprint density at radius 2 is 0.971 bits per heavy atom. The zero-order valence-electron chi connectivity index (χ0n) is 39.6. The molecule has 0 N–H and O–H groups in total. The first-order chi connectivity index (χ1) is 33.6. The molecule has 0 saturated carbocycles. The van der Waals surface area contributed by atoms with E-state index >= 15 is 0 Å². The Morgan fingerprint density at radius 1 is 0.406 bits per heavy atom. The summed E-state index contributed by atoms with van der Waals surface area (Å²) in [4.78, 5) is 15.8. The van der Waals surface area contributed by atoms with E-state index in [1.807, 2.05) is 18.2 Å². The quantitative estimate of drug-likeness (QED) is 0.167. The number of hydrogen-bond donors (Lipinski definition) is 0. The van der Waals surface area contributed by atoms with Crippen LogP contribution in [-0.2, 0) is 10.8 Å². The zero-order valence-corrected chi connectivity index (χ0v) is 39.6. The normalized spacial score (nSPS) is 15.3. The molecule has 0 radical (unpaired) electrons. The van der Waals surface area contributed by atoms with Gasteiger partial charge in [-0.3, -0.25) is 4.57 Å². The number of rotatable bonds is 6. The van der Waals surface area contributed by atoms with Gasteiger partial charge in [-0.15, -0.1) is 0 Å². The van der Waals surface area contributed by atoms with E-state index < -0.39 is 0 Å². The van der Waals surface area contributed by atoms with Crippen LogP contribution in [0.5, 0.6) is 0 Å². The van der Waals surface area contributed by atoms with Gasteiger partial charge in [0.2, 0.25) is 5.95 Å². The summed E-state index contributed by atoms with van der Waals surface area (Å²) in [5.74, 6) is 2.46. The summed E-state index contributed by atoms with van der Waals surface area (Å²) in [5.41, 5.74) is 15.5. The molecule has 3 aromatic heterocycles. The maximum absolute atomic E-state index is 5.36. The average Bonchev–Trinajstić information content (AvgIpc) is 3.89. The number of benzene rings is 9. The zero-order chi connectivity index (χ0) is 46.6. The highest BCUT2D eigenvalue weighted by Gasteiger charge is 2.42. The second-order valence-corrected chi connectivity index (χ2v) is 20.4. The fourth-order valence-corrected chi connectivity index (χ4v) is 11.6. The minimum absolute atomic E-state index is 0.135. The van der Waals surface area contributed by atoms with Crippen molar-refractivity contribution in [3.05, 3.63) is 211 Å². The van der Waals surface area contributed by atoms with Crippen LogP contribution in [0, 0.1) is 5.92 Å². The summed E-state index contributed by atoms with van der Waals surface area (Å²) in [6.07, 6.45) is 1.19. The van der Waals surface area contributed by atoms with Crippen molar-refractivity contribution >= 4 is 54.4 Å². The number of para-hydroxylation sites is 2. The van der Waals surface area contributed by atoms with E-state index in [4.69, 9.17) is 15.0 Å². The van der Waals surface area contributed by atoms with Crippen LogP contribution >= 0.6 is 0 Å². The van der Waals surface area contributed by atoms with Gasteiger partial charge in [-0.2, -0.15) is 9.97 Å². The van der Waals surface area contributed by atoms with Crippen LogP contribution in [0.2, 0.25) is 0 Å². The first-order valence-corrected chi connectivity index (χ1v) is 24.2. The van der Waals surface area contributed by atoms with Gasteiger partial charge in [-0.1, -0.05) is 198 Å². The van der Waals surface area contributed by atoms with Crippen molar-refractivity contribution in [3.8, 4) is 56.7 Å². The predicted octanol–water partition coefficient (Wildman–Crippen LogP) is 16.5. The van der Waals surface area contributed by atoms with Crippen molar-refractivity contribution < 1.29 is 0 Å². The summed E-state index contributed by atoms with van der Waals surface area (Å²) in [7, 11) is 0. The Kier molecular flexibility index (Phi) is 9.19. The van der Waals surface area contributed by atoms with Gasteiger partial charge in [-0.05, 0) is 104 Å². The summed E-state index contributed by atoms with van der Waals surface area (Å²) in [6, 6.07) is 72.4. The van der Waals surface area contributed by atoms with Gasteiger partial charge in [0.25, 0.3) is 0 Å². The average molecular weight is 890 g/mol. The van der Waals surface area contributed by atoms with Crippen LogP contribution in [0.4, 0.5) is 0 Å². The van der Waals surface area contributed by atoms with E-state index in [0.717, 1.165) is 60.4 Å². The highest BCUT2D eigenvalue weighted by Crippen LogP contribution is 2.50. The third kappa shape index (κ3) is 6.55. The summed E-state index contributed by atoms with van der Waals surface area (Å²) in [6.45, 7) is 12.1. The first-order valence-electron chi connectivity index (χ1n) is 24.2. The Bertz CT molecular complexity index is 4000. The number of hydrogen-bond acceptors (Lipinski definition) is 3. The molecule has 0 aliphatic heterocycles. The second-order valence-electron chi connectivity index (χ2n) is 20.4. The molecule has 0 saturated heterocycles. The number of aromatic nitrogens is 5. The number of nitrogens with zero attached hydrogens (tertiary/aromatic N) is 5. The third-order valence-corrected chi connectivity index (χ3v) is 15.5. The Hall–Kier alpha value is -8.15. The van der Waals surface area contributed by atoms with Crippen molar-refractivity contribution in [3.63, 3.8) is 0 Å². The van der Waals surface area contributed by atoms with Gasteiger partial charge in [0.15, 0.2) is 11.6 Å². The third-order valence-electron chi connectivity index (χ3n) is 15.5. The van der Waals surface area contributed by atoms with Crippen molar-refractivity contribution in [1.82, 2.24) is 24.1 Å². The van der Waals surface area contributed by atoms with E-state index in [-0.39, 0.29) is 10.8 Å². The molecular formula is C64H51N5. The van der Waals surface area contributed by atoms with E-state index in [9.17, 15) is 0 Å². The van der Waals surface area contributed by atoms with Crippen LogP contribution in [0.25, 0.3) is 111 Å². The lowest BCUT2D eigenvalue weighted by Crippen LogP contribution is -2.40. The molecule has 0 spiro atoms. The highest BCUT2D eigenvalue weighted by molar-refractivity contribution is 6.19. The summed E-state index contributed by atoms with van der Waals surface area (Å²) in [5, 5.41) is 6.92. The standard InChI is InChI=1S/C64H51N5/c1-40-39-63(2,3)55-36-46(33-34-54(55)64(40,4)5)42-31-29-41(30-32-42)45-21-15-22-47(35-45)68-56-27-13-11-24-49(56)52-37-53-50-25-12-14-28-57(50)69(59(53)38-58(52)68)62-66-60(44-18-7-6-8-19-44)65-61(67-62)51-26-16-20-43-17-9-10-23-48(43)51/h6-38,40H,39H2,1-5H3. The van der Waals surface area contributed by atoms with Gasteiger partial charge < -0.3 is 4.57 Å². The van der Waals surface area contributed by atoms with Crippen LogP contribution in [0.3, 0.4) is 0 Å². The molecule has 69 heavy (non-hydrogen) atoms. The predicted molar refractivity (Wildman–Crippen MR) is 288 cm³/mol. The molecule has 9 aromatic carbocycles. The lowest BCUT2D eigenvalue weighted by Gasteiger charge is -2.46. The van der Waals surface area contributed by atoms with Gasteiger partial charge in [-0.25, -0.2) is 4.98 Å². The molecule has 5 nitrogen and oxygen atoms in total. The molecule has 0 bridgehead atoms. The monoisotopic (exact) mass is 889 g/mol. The van der Waals surface area contributed by atoms with Crippen molar-refractivity contribution in [2.75, 3.05) is 0 Å². The van der Waals surface area contributed by atoms with Crippen molar-refractivity contribution in [2.45, 2.75) is 51.9 Å². The molecule has 1 aliphatic rings. The van der Waals surface area contributed by atoms with E-state index in [1.54, 1.807) is 0 Å². The molecule has 3 heterocycles. The maximum atomic E-state index is 5.36. The van der Waals surface area contributed by atoms with Gasteiger partial charge >= 0.3 is 0 Å². The molecule has 1 atom stereocenters. The minimum Gasteiger partial charge on any atom is -0.309 e. The van der Waals surface area contributed by atoms with Crippen molar-refractivity contribution in [1.29, 1.82) is 0 Å². The van der Waals surface area contributed by atoms with E-state index in [2.05, 4.69) is 226 Å². The van der Waals surface area contributed by atoms with Gasteiger partial charge in [0.1, 0.15) is 0 Å². The Labute approximate surface area is 402 Å². The fourth-order valence-electron chi connectivity index (χ4n) is 11.6. The van der Waals surface area contributed by atoms with Crippen LogP contribution in [0.15, 0.2) is 200 Å². The Morgan fingerprint density at radius 3 is 1.71 bits per heavy atom. The smallest absolute Gasteiger partial charge is 0.238 e. The molecule has 5 heteroatoms. The molecule has 332 valence electrons. The highest BCUT2D eigenvalue weighted by atomic mass is 15.2. The minimum atomic E-state index is 0.135. The van der Waals surface area contributed by atoms with Gasteiger partial charge in [0.05, 0.1) is 22.1 Å². The molecule has 0 fully saturated rings. The summed E-state index contributed by atoms with van der Waals surface area (Å²) < 4.78 is 4.66. The molecular weight excluding hydrogens is 839 g/mol. The maximum Gasteiger partial charge on any atom is 0.238 e. The van der Waals surface area contributed by atoms with Crippen LogP contribution in [-0.4, -0.2) is 24.1 Å². The van der Waals surface area contributed by atoms with E-state index in [1.165, 1.54) is 50.6 Å². The van der Waals surface area contributed by atoms with Crippen LogP contribution < -0.4 is 0 Å². The Balaban J connectivity index is 0.969. The topological polar surface area (TPSA) is 48.5 Å².